The third kappa shape index (κ3) is 6.50. The fourth-order valence-electron chi connectivity index (χ4n) is 2.01. The number of aliphatic hydroxyl groups excluding tert-OH is 3. The van der Waals surface area contributed by atoms with Crippen molar-refractivity contribution in [2.24, 2.45) is 0 Å². The van der Waals surface area contributed by atoms with Gasteiger partial charge >= 0.3 is 23.5 Å². The third-order valence-corrected chi connectivity index (χ3v) is 4.35. The summed E-state index contributed by atoms with van der Waals surface area (Å²) < 4.78 is 44.7. The van der Waals surface area contributed by atoms with Gasteiger partial charge in [0.15, 0.2) is 0 Å². The molecule has 0 saturated heterocycles. The minimum Gasteiger partial charge on any atom is -0.387 e. The molecule has 18 heteroatoms. The summed E-state index contributed by atoms with van der Waals surface area (Å²) >= 11 is 0. The molecular weight excluding hydrogens is 405 g/mol. The van der Waals surface area contributed by atoms with Crippen molar-refractivity contribution in [2.45, 2.75) is 36.6 Å². The molecule has 0 aromatic carbocycles. The van der Waals surface area contributed by atoms with Gasteiger partial charge in [0.05, 0.1) is 0 Å². The first kappa shape index (κ1) is 22.3. The van der Waals surface area contributed by atoms with Crippen LogP contribution in [0.3, 0.4) is 0 Å². The molecule has 1 rings (SSSR count). The second-order valence-electron chi connectivity index (χ2n) is 4.65. The first-order valence-corrected chi connectivity index (χ1v) is 10.4. The van der Waals surface area contributed by atoms with Crippen LogP contribution in [-0.4, -0.2) is 81.3 Å². The van der Waals surface area contributed by atoms with Gasteiger partial charge in [0.2, 0.25) is 0 Å². The number of rotatable bonds is 6. The van der Waals surface area contributed by atoms with Crippen LogP contribution < -0.4 is 0 Å². The Labute approximate surface area is 133 Å². The van der Waals surface area contributed by atoms with Crippen molar-refractivity contribution in [3.05, 3.63) is 0 Å². The smallest absolute Gasteiger partial charge is 0.387 e. The lowest BCUT2D eigenvalue weighted by Gasteiger charge is -2.44. The largest absolute Gasteiger partial charge is 0.470 e. The summed E-state index contributed by atoms with van der Waals surface area (Å²) in [5.41, 5.74) is 0. The molecule has 0 aromatic heterocycles. The second kappa shape index (κ2) is 7.45. The average Bonchev–Trinajstić information content (AvgIpc) is 2.32. The van der Waals surface area contributed by atoms with Crippen molar-refractivity contribution in [3.8, 4) is 0 Å². The highest BCUT2D eigenvalue weighted by Crippen LogP contribution is 2.49. The summed E-state index contributed by atoms with van der Waals surface area (Å²) in [5, 5.41) is 29.3. The van der Waals surface area contributed by atoms with Crippen LogP contribution in [0.15, 0.2) is 0 Å². The predicted octanol–water partition coefficient (Wildman–Crippen LogP) is -3.48. The Kier molecular flexibility index (Phi) is 6.90. The summed E-state index contributed by atoms with van der Waals surface area (Å²) in [7, 11) is -16.2. The van der Waals surface area contributed by atoms with Crippen LogP contribution in [-0.2, 0) is 27.3 Å². The van der Waals surface area contributed by atoms with Gasteiger partial charge < -0.3 is 44.7 Å². The highest BCUT2D eigenvalue weighted by atomic mass is 31.2. The number of hydrogen-bond acceptors (Lipinski definition) is 9. The van der Waals surface area contributed by atoms with Crippen LogP contribution in [0.1, 0.15) is 0 Å². The lowest BCUT2D eigenvalue weighted by atomic mass is 9.85. The van der Waals surface area contributed by atoms with Gasteiger partial charge in [0.25, 0.3) is 0 Å². The van der Waals surface area contributed by atoms with Crippen LogP contribution in [0.25, 0.3) is 0 Å². The Morgan fingerprint density at radius 1 is 0.500 bits per heavy atom. The molecule has 0 unspecified atom stereocenters. The molecule has 24 heavy (non-hydrogen) atoms. The second-order valence-corrected chi connectivity index (χ2v) is 8.23. The molecule has 0 amide bonds. The van der Waals surface area contributed by atoms with Crippen molar-refractivity contribution in [2.75, 3.05) is 0 Å². The Morgan fingerprint density at radius 2 is 0.750 bits per heavy atom. The Hall–Kier alpha value is 0.210. The first-order valence-electron chi connectivity index (χ1n) is 5.78. The summed E-state index contributed by atoms with van der Waals surface area (Å²) in [4.78, 5) is 52.4. The molecule has 0 heterocycles. The standard InChI is InChI=1S/C6H15O15P3/c7-1-2(8)5(20-23(13,14)15)6(21-24(16,17)18)3(9)4(1)19-22(10,11)12/h1-9H,(H2,10,11,12)(H2,13,14,15)(H2,16,17,18)/t1-,2+,3-,4+,5+,6+/m0/s1. The van der Waals surface area contributed by atoms with E-state index in [2.05, 4.69) is 13.6 Å². The van der Waals surface area contributed by atoms with E-state index in [0.717, 1.165) is 0 Å². The van der Waals surface area contributed by atoms with E-state index in [9.17, 15) is 29.0 Å². The van der Waals surface area contributed by atoms with E-state index >= 15 is 0 Å². The molecule has 9 N–H and O–H groups in total. The van der Waals surface area contributed by atoms with Crippen molar-refractivity contribution in [3.63, 3.8) is 0 Å². The average molecular weight is 420 g/mol. The zero-order valence-electron chi connectivity index (χ0n) is 11.3. The van der Waals surface area contributed by atoms with Crippen LogP contribution >= 0.6 is 23.5 Å². The Morgan fingerprint density at radius 3 is 1.08 bits per heavy atom. The van der Waals surface area contributed by atoms with Gasteiger partial charge in [-0.05, 0) is 0 Å². The molecule has 0 aliphatic heterocycles. The maximum atomic E-state index is 10.9. The maximum Gasteiger partial charge on any atom is 0.470 e. The fourth-order valence-corrected chi connectivity index (χ4v) is 3.70. The molecule has 0 aromatic rings. The SMILES string of the molecule is O=P(O)(O)O[C@@H]1[C@@H](O)[C@@H](O)[C@@H](OP(=O)(O)O)[C@H](OP(=O)(O)O)[C@H]1O. The minimum absolute atomic E-state index is 2.32. The molecule has 1 aliphatic rings. The molecule has 0 spiro atoms. The number of phosphoric ester groups is 3. The van der Waals surface area contributed by atoms with E-state index < -0.39 is 60.1 Å². The summed E-state index contributed by atoms with van der Waals surface area (Å²) in [5.74, 6) is 0. The quantitative estimate of drug-likeness (QED) is 0.189. The van der Waals surface area contributed by atoms with Gasteiger partial charge in [0.1, 0.15) is 36.6 Å². The fraction of sp³-hybridized carbons (Fsp3) is 1.00. The van der Waals surface area contributed by atoms with Crippen molar-refractivity contribution < 1.29 is 71.9 Å². The van der Waals surface area contributed by atoms with E-state index in [1.165, 1.54) is 0 Å². The summed E-state index contributed by atoms with van der Waals surface area (Å²) in [6, 6.07) is 0. The predicted molar refractivity (Wildman–Crippen MR) is 68.8 cm³/mol. The lowest BCUT2D eigenvalue weighted by Crippen LogP contribution is -2.65. The van der Waals surface area contributed by atoms with Gasteiger partial charge in [-0.3, -0.25) is 13.6 Å². The van der Waals surface area contributed by atoms with E-state index in [4.69, 9.17) is 29.4 Å². The molecule has 1 saturated carbocycles. The number of phosphoric acid groups is 3. The Bertz CT molecular complexity index is 574. The molecule has 1 fully saturated rings. The molecule has 1 aliphatic carbocycles. The zero-order chi connectivity index (χ0) is 19.1. The third-order valence-electron chi connectivity index (χ3n) is 2.80. The van der Waals surface area contributed by atoms with Crippen LogP contribution in [0.5, 0.6) is 0 Å². The molecular formula is C6H15O15P3. The monoisotopic (exact) mass is 420 g/mol. The maximum absolute atomic E-state index is 10.9. The summed E-state index contributed by atoms with van der Waals surface area (Å²) in [6.45, 7) is 0. The van der Waals surface area contributed by atoms with Gasteiger partial charge in [-0.1, -0.05) is 0 Å². The molecule has 15 nitrogen and oxygen atoms in total. The molecule has 0 bridgehead atoms. The van der Waals surface area contributed by atoms with Crippen LogP contribution in [0, 0.1) is 0 Å². The topological polar surface area (TPSA) is 261 Å². The van der Waals surface area contributed by atoms with Crippen molar-refractivity contribution in [1.29, 1.82) is 0 Å². The van der Waals surface area contributed by atoms with E-state index in [1.807, 2.05) is 0 Å². The van der Waals surface area contributed by atoms with Crippen molar-refractivity contribution >= 4 is 23.5 Å². The van der Waals surface area contributed by atoms with Gasteiger partial charge in [0, 0.05) is 0 Å². The van der Waals surface area contributed by atoms with E-state index in [-0.39, 0.29) is 0 Å². The van der Waals surface area contributed by atoms with Gasteiger partial charge in [-0.2, -0.15) is 0 Å². The van der Waals surface area contributed by atoms with Gasteiger partial charge in [-0.25, -0.2) is 13.7 Å². The normalized spacial score (nSPS) is 35.9. The number of hydrogen-bond donors (Lipinski definition) is 9. The van der Waals surface area contributed by atoms with E-state index in [0.29, 0.717) is 0 Å². The minimum atomic E-state index is -5.43. The van der Waals surface area contributed by atoms with Crippen molar-refractivity contribution in [1.82, 2.24) is 0 Å². The lowest BCUT2D eigenvalue weighted by molar-refractivity contribution is -0.212. The van der Waals surface area contributed by atoms with Gasteiger partial charge in [-0.15, -0.1) is 0 Å². The van der Waals surface area contributed by atoms with E-state index in [1.54, 1.807) is 0 Å². The highest BCUT2D eigenvalue weighted by Gasteiger charge is 2.56. The van der Waals surface area contributed by atoms with Crippen LogP contribution in [0.2, 0.25) is 0 Å². The summed E-state index contributed by atoms with van der Waals surface area (Å²) in [6.07, 6.45) is -14.3. The first-order chi connectivity index (χ1) is 10.5. The highest BCUT2D eigenvalue weighted by molar-refractivity contribution is 7.46. The van der Waals surface area contributed by atoms with Crippen LogP contribution in [0.4, 0.5) is 0 Å². The molecule has 6 atom stereocenters. The Balaban J connectivity index is 3.23. The zero-order valence-corrected chi connectivity index (χ0v) is 14.0. The number of aliphatic hydroxyl groups is 3. The molecule has 144 valence electrons. The molecule has 0 radical (unpaired) electrons.